The Morgan fingerprint density at radius 2 is 1.73 bits per heavy atom. The standard InChI is InChI=1S/C23H18F2N4O/c1-27-21(30)12-19(14-5-3-2-4-6-14)15-7-8-20-28-23(26)22(29(20)13-15)16-9-17(24)11-18(25)10-16/h2-13H,26H2,1H3,(H,27,30). The molecule has 4 rings (SSSR count). The third-order valence-corrected chi connectivity index (χ3v) is 4.70. The normalized spacial score (nSPS) is 11.6. The zero-order chi connectivity index (χ0) is 21.3. The third kappa shape index (κ3) is 3.65. The molecule has 7 heteroatoms. The molecule has 0 aliphatic rings. The van der Waals surface area contributed by atoms with Gasteiger partial charge in [-0.05, 0) is 41.0 Å². The number of amides is 1. The second-order valence-corrected chi connectivity index (χ2v) is 6.69. The fraction of sp³-hybridized carbons (Fsp3) is 0.0435. The van der Waals surface area contributed by atoms with Gasteiger partial charge in [0.15, 0.2) is 5.82 Å². The van der Waals surface area contributed by atoms with Gasteiger partial charge in [0.05, 0.1) is 5.69 Å². The topological polar surface area (TPSA) is 72.4 Å². The van der Waals surface area contributed by atoms with Crippen LogP contribution in [0, 0.1) is 11.6 Å². The number of hydrogen-bond acceptors (Lipinski definition) is 3. The van der Waals surface area contributed by atoms with Gasteiger partial charge in [0.25, 0.3) is 0 Å². The van der Waals surface area contributed by atoms with Crippen molar-refractivity contribution in [1.29, 1.82) is 0 Å². The molecule has 0 aliphatic heterocycles. The lowest BCUT2D eigenvalue weighted by Crippen LogP contribution is -2.15. The van der Waals surface area contributed by atoms with E-state index in [0.29, 0.717) is 22.5 Å². The van der Waals surface area contributed by atoms with Crippen LogP contribution >= 0.6 is 0 Å². The maximum atomic E-state index is 13.8. The molecule has 5 nitrogen and oxygen atoms in total. The summed E-state index contributed by atoms with van der Waals surface area (Å²) in [5.41, 5.74) is 9.47. The summed E-state index contributed by atoms with van der Waals surface area (Å²) in [6.07, 6.45) is 3.25. The van der Waals surface area contributed by atoms with E-state index in [9.17, 15) is 13.6 Å². The number of fused-ring (bicyclic) bond motifs is 1. The van der Waals surface area contributed by atoms with Crippen LogP contribution in [-0.2, 0) is 4.79 Å². The Morgan fingerprint density at radius 3 is 2.40 bits per heavy atom. The number of likely N-dealkylation sites (N-methyl/N-ethyl adjacent to an activating group) is 1. The summed E-state index contributed by atoms with van der Waals surface area (Å²) in [6.45, 7) is 0. The average molecular weight is 404 g/mol. The molecule has 0 saturated heterocycles. The first kappa shape index (κ1) is 19.3. The molecule has 0 radical (unpaired) electrons. The van der Waals surface area contributed by atoms with Gasteiger partial charge in [-0.15, -0.1) is 0 Å². The van der Waals surface area contributed by atoms with Crippen LogP contribution in [0.3, 0.4) is 0 Å². The highest BCUT2D eigenvalue weighted by molar-refractivity contribution is 5.99. The SMILES string of the molecule is CNC(=O)C=C(c1ccccc1)c1ccc2nc(N)c(-c3cc(F)cc(F)c3)n2c1. The molecular formula is C23H18F2N4O. The lowest BCUT2D eigenvalue weighted by molar-refractivity contribution is -0.116. The van der Waals surface area contributed by atoms with E-state index in [0.717, 1.165) is 11.6 Å². The van der Waals surface area contributed by atoms with E-state index >= 15 is 0 Å². The molecule has 4 aromatic rings. The maximum absolute atomic E-state index is 13.8. The van der Waals surface area contributed by atoms with E-state index in [-0.39, 0.29) is 17.3 Å². The molecule has 0 saturated carbocycles. The summed E-state index contributed by atoms with van der Waals surface area (Å²) in [6, 6.07) is 16.2. The molecule has 0 fully saturated rings. The van der Waals surface area contributed by atoms with Gasteiger partial charge < -0.3 is 11.1 Å². The number of carbonyl (C=O) groups is 1. The summed E-state index contributed by atoms with van der Waals surface area (Å²) >= 11 is 0. The van der Waals surface area contributed by atoms with Gasteiger partial charge in [-0.1, -0.05) is 30.3 Å². The lowest BCUT2D eigenvalue weighted by atomic mass is 9.98. The number of hydrogen-bond donors (Lipinski definition) is 2. The molecule has 0 bridgehead atoms. The number of nitrogens with zero attached hydrogens (tertiary/aromatic N) is 2. The number of nitrogens with one attached hydrogen (secondary N) is 1. The van der Waals surface area contributed by atoms with E-state index in [1.165, 1.54) is 18.2 Å². The Hall–Kier alpha value is -4.00. The number of anilines is 1. The van der Waals surface area contributed by atoms with Crippen molar-refractivity contribution in [1.82, 2.24) is 14.7 Å². The van der Waals surface area contributed by atoms with Gasteiger partial charge in [-0.25, -0.2) is 13.8 Å². The smallest absolute Gasteiger partial charge is 0.244 e. The Balaban J connectivity index is 1.94. The van der Waals surface area contributed by atoms with Crippen molar-refractivity contribution >= 4 is 22.9 Å². The maximum Gasteiger partial charge on any atom is 0.244 e. The fourth-order valence-electron chi connectivity index (χ4n) is 3.35. The number of nitrogens with two attached hydrogens (primary N) is 1. The van der Waals surface area contributed by atoms with E-state index < -0.39 is 11.6 Å². The Kier molecular flexibility index (Phi) is 5.02. The first-order chi connectivity index (χ1) is 14.5. The summed E-state index contributed by atoms with van der Waals surface area (Å²) in [4.78, 5) is 16.4. The van der Waals surface area contributed by atoms with Crippen molar-refractivity contribution in [3.8, 4) is 11.3 Å². The molecule has 0 atom stereocenters. The quantitative estimate of drug-likeness (QED) is 0.504. The lowest BCUT2D eigenvalue weighted by Gasteiger charge is -2.11. The molecule has 1 amide bonds. The highest BCUT2D eigenvalue weighted by Gasteiger charge is 2.16. The van der Waals surface area contributed by atoms with Crippen LogP contribution in [0.4, 0.5) is 14.6 Å². The Morgan fingerprint density at radius 1 is 1.03 bits per heavy atom. The van der Waals surface area contributed by atoms with Gasteiger partial charge in [-0.3, -0.25) is 9.20 Å². The number of halogens is 2. The average Bonchev–Trinajstić information content (AvgIpc) is 3.06. The first-order valence-electron chi connectivity index (χ1n) is 9.19. The minimum atomic E-state index is -0.708. The van der Waals surface area contributed by atoms with E-state index in [4.69, 9.17) is 5.73 Å². The second kappa shape index (κ2) is 7.79. The van der Waals surface area contributed by atoms with Crippen molar-refractivity contribution in [2.24, 2.45) is 0 Å². The number of pyridine rings is 1. The van der Waals surface area contributed by atoms with E-state index in [1.54, 1.807) is 23.7 Å². The number of imidazole rings is 1. The fourth-order valence-corrected chi connectivity index (χ4v) is 3.35. The number of rotatable bonds is 4. The highest BCUT2D eigenvalue weighted by atomic mass is 19.1. The summed E-state index contributed by atoms with van der Waals surface area (Å²) in [5.74, 6) is -1.53. The van der Waals surface area contributed by atoms with Gasteiger partial charge in [0.1, 0.15) is 17.3 Å². The first-order valence-corrected chi connectivity index (χ1v) is 9.19. The molecule has 0 unspecified atom stereocenters. The third-order valence-electron chi connectivity index (χ3n) is 4.70. The van der Waals surface area contributed by atoms with Crippen LogP contribution in [0.25, 0.3) is 22.5 Å². The Bertz CT molecular complexity index is 1260. The van der Waals surface area contributed by atoms with Gasteiger partial charge in [0.2, 0.25) is 5.91 Å². The molecule has 0 aliphatic carbocycles. The van der Waals surface area contributed by atoms with Crippen LogP contribution in [0.1, 0.15) is 11.1 Å². The molecule has 2 heterocycles. The minimum absolute atomic E-state index is 0.147. The zero-order valence-electron chi connectivity index (χ0n) is 16.1. The van der Waals surface area contributed by atoms with Crippen molar-refractivity contribution in [3.05, 3.63) is 95.7 Å². The molecule has 2 aromatic heterocycles. The van der Waals surface area contributed by atoms with Crippen LogP contribution < -0.4 is 11.1 Å². The molecule has 150 valence electrons. The van der Waals surface area contributed by atoms with Crippen LogP contribution in [-0.4, -0.2) is 22.3 Å². The zero-order valence-corrected chi connectivity index (χ0v) is 16.1. The van der Waals surface area contributed by atoms with Crippen LogP contribution in [0.5, 0.6) is 0 Å². The second-order valence-electron chi connectivity index (χ2n) is 6.69. The molecule has 30 heavy (non-hydrogen) atoms. The number of benzene rings is 2. The molecular weight excluding hydrogens is 386 g/mol. The van der Waals surface area contributed by atoms with Crippen molar-refractivity contribution in [2.75, 3.05) is 12.8 Å². The van der Waals surface area contributed by atoms with Crippen molar-refractivity contribution in [3.63, 3.8) is 0 Å². The number of aromatic nitrogens is 2. The predicted octanol–water partition coefficient (Wildman–Crippen LogP) is 4.04. The van der Waals surface area contributed by atoms with Crippen molar-refractivity contribution in [2.45, 2.75) is 0 Å². The van der Waals surface area contributed by atoms with Crippen LogP contribution in [0.2, 0.25) is 0 Å². The molecule has 0 spiro atoms. The van der Waals surface area contributed by atoms with Crippen molar-refractivity contribution < 1.29 is 13.6 Å². The Labute approximate surface area is 171 Å². The number of carbonyl (C=O) groups excluding carboxylic acids is 1. The van der Waals surface area contributed by atoms with Crippen LogP contribution in [0.15, 0.2) is 72.9 Å². The predicted molar refractivity (Wildman–Crippen MR) is 113 cm³/mol. The minimum Gasteiger partial charge on any atom is -0.382 e. The summed E-state index contributed by atoms with van der Waals surface area (Å²) in [7, 11) is 1.55. The molecule has 3 N–H and O–H groups in total. The van der Waals surface area contributed by atoms with Gasteiger partial charge in [-0.2, -0.15) is 0 Å². The summed E-state index contributed by atoms with van der Waals surface area (Å²) in [5, 5.41) is 2.59. The van der Waals surface area contributed by atoms with E-state index in [1.807, 2.05) is 36.4 Å². The van der Waals surface area contributed by atoms with Gasteiger partial charge in [0, 0.05) is 31.0 Å². The highest BCUT2D eigenvalue weighted by Crippen LogP contribution is 2.31. The van der Waals surface area contributed by atoms with Gasteiger partial charge >= 0.3 is 0 Å². The largest absolute Gasteiger partial charge is 0.382 e. The summed E-state index contributed by atoms with van der Waals surface area (Å²) < 4.78 is 29.3. The monoisotopic (exact) mass is 404 g/mol. The van der Waals surface area contributed by atoms with E-state index in [2.05, 4.69) is 10.3 Å². The molecule has 2 aromatic carbocycles. The number of nitrogen functional groups attached to an aromatic ring is 1.